The molecule has 0 fully saturated rings. The number of ether oxygens (including phenoxy) is 1. The van der Waals surface area contributed by atoms with Crippen molar-refractivity contribution in [1.82, 2.24) is 4.37 Å². The summed E-state index contributed by atoms with van der Waals surface area (Å²) in [7, 11) is 0. The number of hydrogen-bond acceptors (Lipinski definition) is 7. The number of aliphatic hydroxyl groups excluding tert-OH is 2. The normalized spacial score (nSPS) is 12.4. The fourth-order valence-corrected chi connectivity index (χ4v) is 4.05. The molecular formula is C20H20FNO4S2. The Balaban J connectivity index is 1.90. The van der Waals surface area contributed by atoms with E-state index in [1.807, 2.05) is 18.4 Å². The van der Waals surface area contributed by atoms with Crippen molar-refractivity contribution in [1.29, 1.82) is 0 Å². The van der Waals surface area contributed by atoms with E-state index in [2.05, 4.69) is 4.37 Å². The minimum absolute atomic E-state index is 0.134. The smallest absolute Gasteiger partial charge is 0.188 e. The molecule has 0 saturated carbocycles. The molecule has 8 heteroatoms. The van der Waals surface area contributed by atoms with Gasteiger partial charge in [-0.25, -0.2) is 4.39 Å². The maximum atomic E-state index is 14.5. The van der Waals surface area contributed by atoms with E-state index in [1.54, 1.807) is 18.3 Å². The van der Waals surface area contributed by atoms with Gasteiger partial charge in [0.05, 0.1) is 17.9 Å². The van der Waals surface area contributed by atoms with Crippen molar-refractivity contribution in [3.8, 4) is 0 Å². The van der Waals surface area contributed by atoms with E-state index in [0.717, 1.165) is 15.0 Å². The van der Waals surface area contributed by atoms with Crippen molar-refractivity contribution in [2.75, 3.05) is 26.1 Å². The highest BCUT2D eigenvalue weighted by Crippen LogP contribution is 2.30. The summed E-state index contributed by atoms with van der Waals surface area (Å²) in [6, 6.07) is 8.60. The Morgan fingerprint density at radius 2 is 2.18 bits per heavy atom. The lowest BCUT2D eigenvalue weighted by atomic mass is 9.96. The molecule has 1 aromatic heterocycles. The van der Waals surface area contributed by atoms with Crippen LogP contribution in [0.5, 0.6) is 0 Å². The van der Waals surface area contributed by atoms with Crippen LogP contribution in [0.25, 0.3) is 10.1 Å². The molecule has 148 valence electrons. The van der Waals surface area contributed by atoms with Gasteiger partial charge in [-0.15, -0.1) is 11.8 Å². The summed E-state index contributed by atoms with van der Waals surface area (Å²) in [5.74, 6) is -0.578. The molecule has 5 nitrogen and oxygen atoms in total. The topological polar surface area (TPSA) is 79.7 Å². The Morgan fingerprint density at radius 1 is 1.36 bits per heavy atom. The van der Waals surface area contributed by atoms with Gasteiger partial charge >= 0.3 is 0 Å². The van der Waals surface area contributed by atoms with E-state index >= 15 is 0 Å². The molecular weight excluding hydrogens is 401 g/mol. The average Bonchev–Trinajstić information content (AvgIpc) is 3.18. The molecule has 0 aliphatic carbocycles. The first-order chi connectivity index (χ1) is 13.5. The SMILES string of the molecule is CSc1ccc(Cc2c(C(=O)COC[C@H](O)CO)ccc3cnsc23)c(F)c1. The van der Waals surface area contributed by atoms with Crippen LogP contribution in [0.1, 0.15) is 21.5 Å². The highest BCUT2D eigenvalue weighted by Gasteiger charge is 2.18. The Labute approximate surface area is 170 Å². The highest BCUT2D eigenvalue weighted by molar-refractivity contribution is 7.98. The third kappa shape index (κ3) is 4.76. The summed E-state index contributed by atoms with van der Waals surface area (Å²) in [5, 5.41) is 19.1. The first-order valence-corrected chi connectivity index (χ1v) is 10.6. The van der Waals surface area contributed by atoms with Crippen LogP contribution in [-0.2, 0) is 11.2 Å². The van der Waals surface area contributed by atoms with E-state index < -0.39 is 12.7 Å². The average molecular weight is 422 g/mol. The van der Waals surface area contributed by atoms with E-state index in [0.29, 0.717) is 16.7 Å². The largest absolute Gasteiger partial charge is 0.394 e. The van der Waals surface area contributed by atoms with Gasteiger partial charge in [-0.05, 0) is 41.0 Å². The Kier molecular flexibility index (Phi) is 7.14. The Bertz CT molecular complexity index is 976. The molecule has 0 spiro atoms. The molecule has 3 aromatic rings. The van der Waals surface area contributed by atoms with Gasteiger partial charge in [0.25, 0.3) is 0 Å². The van der Waals surface area contributed by atoms with Gasteiger partial charge in [0.2, 0.25) is 0 Å². The molecule has 0 aliphatic heterocycles. The molecule has 1 atom stereocenters. The van der Waals surface area contributed by atoms with Gasteiger partial charge in [0.1, 0.15) is 18.5 Å². The number of thioether (sulfide) groups is 1. The molecule has 0 bridgehead atoms. The van der Waals surface area contributed by atoms with Gasteiger partial charge in [0.15, 0.2) is 5.78 Å². The molecule has 0 radical (unpaired) electrons. The standard InChI is InChI=1S/C20H20FNO4S2/c1-27-15-4-2-12(18(21)7-15)6-17-16(5-3-13-8-22-28-20(13)17)19(25)11-26-10-14(24)9-23/h2-5,7-8,14,23-24H,6,9-11H2,1H3/t14-/m1/s1. The molecule has 0 aliphatic rings. The fraction of sp³-hybridized carbons (Fsp3) is 0.300. The molecule has 0 unspecified atom stereocenters. The van der Waals surface area contributed by atoms with E-state index in [4.69, 9.17) is 9.84 Å². The van der Waals surface area contributed by atoms with Crippen LogP contribution in [0.4, 0.5) is 4.39 Å². The van der Waals surface area contributed by atoms with Crippen LogP contribution in [0, 0.1) is 5.82 Å². The second kappa shape index (κ2) is 9.58. The van der Waals surface area contributed by atoms with Crippen LogP contribution in [0.15, 0.2) is 41.4 Å². The van der Waals surface area contributed by atoms with Crippen molar-refractivity contribution >= 4 is 39.2 Å². The zero-order valence-electron chi connectivity index (χ0n) is 15.2. The molecule has 0 amide bonds. The summed E-state index contributed by atoms with van der Waals surface area (Å²) < 4.78 is 24.8. The van der Waals surface area contributed by atoms with Crippen LogP contribution in [-0.4, -0.2) is 52.6 Å². The molecule has 28 heavy (non-hydrogen) atoms. The van der Waals surface area contributed by atoms with Crippen LogP contribution < -0.4 is 0 Å². The minimum Gasteiger partial charge on any atom is -0.394 e. The highest BCUT2D eigenvalue weighted by atomic mass is 32.2. The number of halogens is 1. The first kappa shape index (κ1) is 20.9. The van der Waals surface area contributed by atoms with Crippen molar-refractivity contribution in [2.45, 2.75) is 17.4 Å². The van der Waals surface area contributed by atoms with Gasteiger partial charge in [-0.3, -0.25) is 4.79 Å². The van der Waals surface area contributed by atoms with E-state index in [1.165, 1.54) is 29.4 Å². The van der Waals surface area contributed by atoms with Crippen molar-refractivity contribution in [2.24, 2.45) is 0 Å². The number of Topliss-reactive ketones (excluding diaryl/α,β-unsaturated/α-hetero) is 1. The summed E-state index contributed by atoms with van der Waals surface area (Å²) >= 11 is 2.73. The predicted molar refractivity (Wildman–Crippen MR) is 109 cm³/mol. The molecule has 1 heterocycles. The van der Waals surface area contributed by atoms with Gasteiger partial charge in [-0.1, -0.05) is 18.2 Å². The van der Waals surface area contributed by atoms with Gasteiger partial charge < -0.3 is 14.9 Å². The number of rotatable bonds is 9. The zero-order chi connectivity index (χ0) is 20.1. The van der Waals surface area contributed by atoms with Crippen LogP contribution in [0.2, 0.25) is 0 Å². The number of benzene rings is 2. The number of carbonyl (C=O) groups is 1. The minimum atomic E-state index is -1.03. The number of hydrogen-bond donors (Lipinski definition) is 2. The van der Waals surface area contributed by atoms with Crippen molar-refractivity contribution in [3.63, 3.8) is 0 Å². The third-order valence-corrected chi connectivity index (χ3v) is 5.91. The lowest BCUT2D eigenvalue weighted by Gasteiger charge is -2.12. The van der Waals surface area contributed by atoms with Crippen LogP contribution in [0.3, 0.4) is 0 Å². The fourth-order valence-electron chi connectivity index (χ4n) is 2.83. The van der Waals surface area contributed by atoms with E-state index in [-0.39, 0.29) is 31.2 Å². The second-order valence-electron chi connectivity index (χ2n) is 6.24. The number of nitrogens with zero attached hydrogens (tertiary/aromatic N) is 1. The maximum Gasteiger partial charge on any atom is 0.188 e. The van der Waals surface area contributed by atoms with Crippen molar-refractivity contribution < 1.29 is 24.1 Å². The summed E-state index contributed by atoms with van der Waals surface area (Å²) in [5.41, 5.74) is 1.67. The second-order valence-corrected chi connectivity index (χ2v) is 7.93. The zero-order valence-corrected chi connectivity index (χ0v) is 16.9. The number of ketones is 1. The molecule has 2 N–H and O–H groups in total. The lowest BCUT2D eigenvalue weighted by molar-refractivity contribution is 0.00895. The van der Waals surface area contributed by atoms with E-state index in [9.17, 15) is 14.3 Å². The maximum absolute atomic E-state index is 14.5. The number of carbonyl (C=O) groups excluding carboxylic acids is 1. The summed E-state index contributed by atoms with van der Waals surface area (Å²) in [4.78, 5) is 13.5. The third-order valence-electron chi connectivity index (χ3n) is 4.31. The predicted octanol–water partition coefficient (Wildman–Crippen LogP) is 3.30. The summed E-state index contributed by atoms with van der Waals surface area (Å²) in [6.07, 6.45) is 2.84. The monoisotopic (exact) mass is 421 g/mol. The number of aromatic nitrogens is 1. The number of aliphatic hydroxyl groups is 2. The van der Waals surface area contributed by atoms with Gasteiger partial charge in [-0.2, -0.15) is 4.37 Å². The Morgan fingerprint density at radius 3 is 2.89 bits per heavy atom. The van der Waals surface area contributed by atoms with Crippen LogP contribution >= 0.6 is 23.3 Å². The van der Waals surface area contributed by atoms with Crippen molar-refractivity contribution in [3.05, 3.63) is 59.0 Å². The molecule has 2 aromatic carbocycles. The lowest BCUT2D eigenvalue weighted by Crippen LogP contribution is -2.22. The first-order valence-electron chi connectivity index (χ1n) is 8.62. The molecule has 3 rings (SSSR count). The summed E-state index contributed by atoms with van der Waals surface area (Å²) in [6.45, 7) is -0.801. The van der Waals surface area contributed by atoms with Gasteiger partial charge in [0, 0.05) is 28.5 Å². The number of fused-ring (bicyclic) bond motifs is 1. The Hall–Kier alpha value is -1.84. The molecule has 0 saturated heterocycles. The quantitative estimate of drug-likeness (QED) is 0.408.